The fourth-order valence-electron chi connectivity index (χ4n) is 0.563. The highest BCUT2D eigenvalue weighted by Gasteiger charge is 1.92. The number of hydrogen-bond acceptors (Lipinski definition) is 3. The van der Waals surface area contributed by atoms with Crippen LogP contribution in [0.2, 0.25) is 0 Å². The Hall–Kier alpha value is -0.480. The topological polar surface area (TPSA) is 48.9 Å². The molecule has 0 unspecified atom stereocenters. The molecule has 3 nitrogen and oxygen atoms in total. The summed E-state index contributed by atoms with van der Waals surface area (Å²) in [5.74, 6) is 0.921. The number of hydrogen-bond donors (Lipinski definition) is 2. The summed E-state index contributed by atoms with van der Waals surface area (Å²) in [7, 11) is 0. The Morgan fingerprint density at radius 3 is 3.20 bits per heavy atom. The molecule has 0 fully saturated rings. The van der Waals surface area contributed by atoms with E-state index >= 15 is 0 Å². The molecule has 0 radical (unpaired) electrons. The van der Waals surface area contributed by atoms with Gasteiger partial charge in [-0.3, -0.25) is 0 Å². The molecule has 0 aliphatic heterocycles. The van der Waals surface area contributed by atoms with Crippen molar-refractivity contribution in [2.24, 2.45) is 0 Å². The minimum Gasteiger partial charge on any atom is -0.396 e. The fourth-order valence-corrected chi connectivity index (χ4v) is 1.32. The van der Waals surface area contributed by atoms with Crippen molar-refractivity contribution in [1.29, 1.82) is 0 Å². The maximum Gasteiger partial charge on any atom is 0.165 e. The Bertz CT molecular complexity index is 164. The third kappa shape index (κ3) is 2.41. The van der Waals surface area contributed by atoms with E-state index in [4.69, 9.17) is 5.11 Å². The molecule has 0 aromatic carbocycles. The molecule has 0 aliphatic rings. The molecular weight excluding hydrogens is 148 g/mol. The van der Waals surface area contributed by atoms with E-state index in [0.29, 0.717) is 0 Å². The van der Waals surface area contributed by atoms with Crippen LogP contribution in [0.15, 0.2) is 17.6 Å². The van der Waals surface area contributed by atoms with Crippen LogP contribution in [-0.2, 0) is 0 Å². The van der Waals surface area contributed by atoms with Crippen LogP contribution in [0.3, 0.4) is 0 Å². The van der Waals surface area contributed by atoms with E-state index in [1.165, 1.54) is 0 Å². The lowest BCUT2D eigenvalue weighted by atomic mass is 10.5. The molecule has 1 aromatic rings. The van der Waals surface area contributed by atoms with Gasteiger partial charge in [0.05, 0.1) is 0 Å². The van der Waals surface area contributed by atoms with Gasteiger partial charge in [0.15, 0.2) is 5.16 Å². The fraction of sp³-hybridized carbons (Fsp3) is 0.500. The smallest absolute Gasteiger partial charge is 0.165 e. The van der Waals surface area contributed by atoms with Gasteiger partial charge in [-0.15, -0.1) is 0 Å². The van der Waals surface area contributed by atoms with Gasteiger partial charge >= 0.3 is 0 Å². The van der Waals surface area contributed by atoms with Crippen molar-refractivity contribution in [3.8, 4) is 0 Å². The molecule has 0 bridgehead atoms. The van der Waals surface area contributed by atoms with Crippen molar-refractivity contribution in [1.82, 2.24) is 9.97 Å². The van der Waals surface area contributed by atoms with Crippen LogP contribution in [0.1, 0.15) is 6.42 Å². The molecule has 1 aromatic heterocycles. The maximum absolute atomic E-state index is 8.45. The monoisotopic (exact) mass is 158 g/mol. The van der Waals surface area contributed by atoms with E-state index in [1.807, 2.05) is 0 Å². The van der Waals surface area contributed by atoms with Gasteiger partial charge in [0.1, 0.15) is 0 Å². The highest BCUT2D eigenvalue weighted by Crippen LogP contribution is 2.11. The number of aromatic amines is 1. The van der Waals surface area contributed by atoms with E-state index in [1.54, 1.807) is 24.2 Å². The number of aromatic nitrogens is 2. The van der Waals surface area contributed by atoms with Crippen molar-refractivity contribution >= 4 is 11.8 Å². The highest BCUT2D eigenvalue weighted by atomic mass is 32.2. The molecule has 0 spiro atoms. The van der Waals surface area contributed by atoms with Gasteiger partial charge in [-0.1, -0.05) is 11.8 Å². The van der Waals surface area contributed by atoms with Gasteiger partial charge in [0, 0.05) is 24.8 Å². The molecule has 0 aliphatic carbocycles. The first-order valence-corrected chi connectivity index (χ1v) is 4.15. The van der Waals surface area contributed by atoms with Crippen LogP contribution in [0.25, 0.3) is 0 Å². The third-order valence-corrected chi connectivity index (χ3v) is 2.00. The number of nitrogens with one attached hydrogen (secondary N) is 1. The van der Waals surface area contributed by atoms with Crippen LogP contribution in [0.5, 0.6) is 0 Å². The molecule has 0 saturated carbocycles. The van der Waals surface area contributed by atoms with Crippen LogP contribution in [0.4, 0.5) is 0 Å². The molecule has 2 N–H and O–H groups in total. The Morgan fingerprint density at radius 2 is 2.60 bits per heavy atom. The molecule has 0 atom stereocenters. The van der Waals surface area contributed by atoms with Crippen LogP contribution < -0.4 is 0 Å². The number of imidazole rings is 1. The van der Waals surface area contributed by atoms with Crippen molar-refractivity contribution in [2.45, 2.75) is 11.6 Å². The predicted molar refractivity (Wildman–Crippen MR) is 41.0 cm³/mol. The zero-order valence-corrected chi connectivity index (χ0v) is 6.40. The van der Waals surface area contributed by atoms with Crippen molar-refractivity contribution in [3.05, 3.63) is 12.4 Å². The average Bonchev–Trinajstić information content (AvgIpc) is 2.41. The second-order valence-electron chi connectivity index (χ2n) is 1.82. The van der Waals surface area contributed by atoms with Gasteiger partial charge in [-0.2, -0.15) is 0 Å². The lowest BCUT2D eigenvalue weighted by molar-refractivity contribution is 0.296. The minimum atomic E-state index is 0.258. The first-order chi connectivity index (χ1) is 4.93. The number of thioether (sulfide) groups is 1. The van der Waals surface area contributed by atoms with Crippen LogP contribution in [-0.4, -0.2) is 27.4 Å². The summed E-state index contributed by atoms with van der Waals surface area (Å²) in [5, 5.41) is 9.38. The standard InChI is InChI=1S/C6H10N2OS/c9-4-1-5-10-6-7-2-3-8-6/h2-3,9H,1,4-5H2,(H,7,8). The number of nitrogens with zero attached hydrogens (tertiary/aromatic N) is 1. The summed E-state index contributed by atoms with van der Waals surface area (Å²) >= 11 is 1.62. The van der Waals surface area contributed by atoms with Gasteiger partial charge in [0.2, 0.25) is 0 Å². The highest BCUT2D eigenvalue weighted by molar-refractivity contribution is 7.99. The summed E-state index contributed by atoms with van der Waals surface area (Å²) in [6.07, 6.45) is 4.34. The molecule has 1 rings (SSSR count). The van der Waals surface area contributed by atoms with Gasteiger partial charge in [-0.25, -0.2) is 4.98 Å². The first kappa shape index (κ1) is 7.63. The lowest BCUT2D eigenvalue weighted by Crippen LogP contribution is -1.85. The normalized spacial score (nSPS) is 10.1. The Kier molecular flexibility index (Phi) is 3.32. The van der Waals surface area contributed by atoms with E-state index in [9.17, 15) is 0 Å². The van der Waals surface area contributed by atoms with Crippen LogP contribution in [0, 0.1) is 0 Å². The second-order valence-corrected chi connectivity index (χ2v) is 2.90. The van der Waals surface area contributed by atoms with E-state index in [2.05, 4.69) is 9.97 Å². The molecule has 56 valence electrons. The second kappa shape index (κ2) is 4.35. The average molecular weight is 158 g/mol. The minimum absolute atomic E-state index is 0.258. The quantitative estimate of drug-likeness (QED) is 0.505. The van der Waals surface area contributed by atoms with Crippen molar-refractivity contribution < 1.29 is 5.11 Å². The van der Waals surface area contributed by atoms with Gasteiger partial charge < -0.3 is 10.1 Å². The summed E-state index contributed by atoms with van der Waals surface area (Å²) in [5.41, 5.74) is 0. The summed E-state index contributed by atoms with van der Waals surface area (Å²) in [6.45, 7) is 0.258. The molecule has 1 heterocycles. The summed E-state index contributed by atoms with van der Waals surface area (Å²) in [6, 6.07) is 0. The van der Waals surface area contributed by atoms with E-state index in [0.717, 1.165) is 17.3 Å². The predicted octanol–water partition coefficient (Wildman–Crippen LogP) is 0.884. The number of rotatable bonds is 4. The first-order valence-electron chi connectivity index (χ1n) is 3.16. The van der Waals surface area contributed by atoms with E-state index < -0.39 is 0 Å². The molecule has 0 saturated heterocycles. The van der Waals surface area contributed by atoms with Crippen LogP contribution >= 0.6 is 11.8 Å². The number of aliphatic hydroxyl groups is 1. The molecule has 10 heavy (non-hydrogen) atoms. The Balaban J connectivity index is 2.15. The Labute approximate surface area is 63.9 Å². The summed E-state index contributed by atoms with van der Waals surface area (Å²) in [4.78, 5) is 6.98. The van der Waals surface area contributed by atoms with Gasteiger partial charge in [-0.05, 0) is 6.42 Å². The zero-order valence-electron chi connectivity index (χ0n) is 5.58. The summed E-state index contributed by atoms with van der Waals surface area (Å²) < 4.78 is 0. The zero-order chi connectivity index (χ0) is 7.23. The maximum atomic E-state index is 8.45. The number of aliphatic hydroxyl groups excluding tert-OH is 1. The largest absolute Gasteiger partial charge is 0.396 e. The van der Waals surface area contributed by atoms with Gasteiger partial charge in [0.25, 0.3) is 0 Å². The number of H-pyrrole nitrogens is 1. The SMILES string of the molecule is OCCCSc1ncc[nH]1. The third-order valence-electron chi connectivity index (χ3n) is 1.01. The van der Waals surface area contributed by atoms with Crippen molar-refractivity contribution in [3.63, 3.8) is 0 Å². The van der Waals surface area contributed by atoms with E-state index in [-0.39, 0.29) is 6.61 Å². The molecule has 4 heteroatoms. The van der Waals surface area contributed by atoms with Crippen molar-refractivity contribution in [2.75, 3.05) is 12.4 Å². The molecule has 0 amide bonds. The lowest BCUT2D eigenvalue weighted by Gasteiger charge is -1.92. The Morgan fingerprint density at radius 1 is 1.70 bits per heavy atom. The molecular formula is C6H10N2OS.